The predicted octanol–water partition coefficient (Wildman–Crippen LogP) is 9.78. The van der Waals surface area contributed by atoms with E-state index in [2.05, 4.69) is 94.4 Å². The summed E-state index contributed by atoms with van der Waals surface area (Å²) in [5.74, 6) is 2.02. The van der Waals surface area contributed by atoms with Crippen LogP contribution in [0.4, 0.5) is 0 Å². The van der Waals surface area contributed by atoms with Crippen LogP contribution in [-0.4, -0.2) is 15.0 Å². The molecule has 7 rings (SSSR count). The van der Waals surface area contributed by atoms with Crippen molar-refractivity contribution < 1.29 is 0 Å². The second-order valence-corrected chi connectivity index (χ2v) is 12.2. The van der Waals surface area contributed by atoms with E-state index in [1.54, 1.807) is 0 Å². The van der Waals surface area contributed by atoms with Gasteiger partial charge in [-0.25, -0.2) is 15.0 Å². The van der Waals surface area contributed by atoms with Gasteiger partial charge < -0.3 is 0 Å². The summed E-state index contributed by atoms with van der Waals surface area (Å²) in [5.41, 5.74) is 10.5. The van der Waals surface area contributed by atoms with Gasteiger partial charge in [0.15, 0.2) is 17.5 Å². The Labute approximate surface area is 248 Å². The lowest BCUT2D eigenvalue weighted by atomic mass is 9.55. The van der Waals surface area contributed by atoms with Crippen molar-refractivity contribution >= 4 is 0 Å². The normalized spacial score (nSPS) is 14.6. The molecule has 1 heterocycles. The van der Waals surface area contributed by atoms with Gasteiger partial charge in [0.05, 0.1) is 0 Å². The molecule has 6 aromatic rings. The first-order valence-corrected chi connectivity index (χ1v) is 14.5. The summed E-state index contributed by atoms with van der Waals surface area (Å²) in [7, 11) is 0. The molecule has 0 bridgehead atoms. The van der Waals surface area contributed by atoms with Gasteiger partial charge in [-0.05, 0) is 56.3 Å². The average molecular weight is 544 g/mol. The van der Waals surface area contributed by atoms with Crippen LogP contribution in [-0.2, 0) is 10.8 Å². The zero-order valence-corrected chi connectivity index (χ0v) is 24.5. The van der Waals surface area contributed by atoms with Crippen LogP contribution in [0.1, 0.15) is 38.8 Å². The van der Waals surface area contributed by atoms with Crippen LogP contribution in [0.2, 0.25) is 0 Å². The Bertz CT molecular complexity index is 1850. The number of hydrogen-bond acceptors (Lipinski definition) is 3. The molecule has 0 fully saturated rings. The van der Waals surface area contributed by atoms with Crippen LogP contribution in [0, 0.1) is 0 Å². The second-order valence-electron chi connectivity index (χ2n) is 12.2. The first-order chi connectivity index (χ1) is 20.3. The Morgan fingerprint density at radius 1 is 0.357 bits per heavy atom. The minimum Gasteiger partial charge on any atom is -0.208 e. The monoisotopic (exact) mass is 543 g/mol. The molecule has 0 saturated carbocycles. The molecule has 3 nitrogen and oxygen atoms in total. The van der Waals surface area contributed by atoms with Gasteiger partial charge in [0.2, 0.25) is 0 Å². The molecule has 1 aliphatic carbocycles. The SMILES string of the molecule is CC1(C)c2ccc(-c3ccccc3)cc2-c2cc(-c3nc(-c4ccccc4)nc(-c4ccccc4)n3)ccc2C1(C)C. The highest BCUT2D eigenvalue weighted by Crippen LogP contribution is 2.54. The topological polar surface area (TPSA) is 38.7 Å². The lowest BCUT2D eigenvalue weighted by Gasteiger charge is -2.48. The minimum atomic E-state index is -0.0778. The number of aromatic nitrogens is 3. The van der Waals surface area contributed by atoms with Crippen molar-refractivity contribution in [2.75, 3.05) is 0 Å². The summed E-state index contributed by atoms with van der Waals surface area (Å²) in [6.45, 7) is 9.47. The molecule has 0 aliphatic heterocycles. The van der Waals surface area contributed by atoms with Crippen LogP contribution >= 0.6 is 0 Å². The Morgan fingerprint density at radius 2 is 0.714 bits per heavy atom. The molecule has 0 N–H and O–H groups in total. The molecule has 3 heteroatoms. The van der Waals surface area contributed by atoms with Crippen LogP contribution in [0.25, 0.3) is 56.4 Å². The molecule has 0 unspecified atom stereocenters. The van der Waals surface area contributed by atoms with E-state index < -0.39 is 0 Å². The van der Waals surface area contributed by atoms with Gasteiger partial charge in [-0.1, -0.05) is 143 Å². The number of benzene rings is 5. The van der Waals surface area contributed by atoms with Crippen LogP contribution < -0.4 is 0 Å². The number of nitrogens with zero attached hydrogens (tertiary/aromatic N) is 3. The Morgan fingerprint density at radius 3 is 1.17 bits per heavy atom. The predicted molar refractivity (Wildman–Crippen MR) is 173 cm³/mol. The average Bonchev–Trinajstić information content (AvgIpc) is 3.04. The van der Waals surface area contributed by atoms with Crippen LogP contribution in [0.5, 0.6) is 0 Å². The molecule has 0 radical (unpaired) electrons. The smallest absolute Gasteiger partial charge is 0.164 e. The molecule has 0 amide bonds. The van der Waals surface area contributed by atoms with E-state index in [9.17, 15) is 0 Å². The van der Waals surface area contributed by atoms with E-state index in [0.717, 1.165) is 16.7 Å². The second kappa shape index (κ2) is 9.88. The van der Waals surface area contributed by atoms with Crippen LogP contribution in [0.15, 0.2) is 127 Å². The van der Waals surface area contributed by atoms with Gasteiger partial charge in [-0.15, -0.1) is 0 Å². The minimum absolute atomic E-state index is 0.0554. The molecule has 1 aliphatic rings. The van der Waals surface area contributed by atoms with Crippen molar-refractivity contribution in [1.82, 2.24) is 15.0 Å². The molecular weight excluding hydrogens is 510 g/mol. The van der Waals surface area contributed by atoms with Gasteiger partial charge in [0.1, 0.15) is 0 Å². The Hall–Kier alpha value is -4.89. The summed E-state index contributed by atoms with van der Waals surface area (Å²) in [5, 5.41) is 0. The van der Waals surface area contributed by atoms with Crippen LogP contribution in [0.3, 0.4) is 0 Å². The maximum absolute atomic E-state index is 5.01. The van der Waals surface area contributed by atoms with Gasteiger partial charge >= 0.3 is 0 Å². The van der Waals surface area contributed by atoms with Gasteiger partial charge in [0.25, 0.3) is 0 Å². The standard InChI is InChI=1S/C39H33N3/c1-38(2)33-22-20-29(26-14-8-5-9-15-26)24-31(33)32-25-30(21-23-34(32)39(38,3)4)37-41-35(27-16-10-6-11-17-27)40-36(42-37)28-18-12-7-13-19-28/h5-25H,1-4H3. The van der Waals surface area contributed by atoms with Crippen molar-refractivity contribution in [3.05, 3.63) is 139 Å². The Kier molecular flexibility index (Phi) is 6.13. The summed E-state index contributed by atoms with van der Waals surface area (Å²) in [4.78, 5) is 14.9. The van der Waals surface area contributed by atoms with Crippen molar-refractivity contribution in [3.63, 3.8) is 0 Å². The maximum Gasteiger partial charge on any atom is 0.164 e. The molecule has 0 saturated heterocycles. The molecule has 42 heavy (non-hydrogen) atoms. The Balaban J connectivity index is 1.44. The van der Waals surface area contributed by atoms with E-state index >= 15 is 0 Å². The summed E-state index contributed by atoms with van der Waals surface area (Å²) in [6.07, 6.45) is 0. The molecule has 0 spiro atoms. The van der Waals surface area contributed by atoms with Crippen molar-refractivity contribution in [1.29, 1.82) is 0 Å². The lowest BCUT2D eigenvalue weighted by Crippen LogP contribution is -2.43. The molecule has 5 aromatic carbocycles. The zero-order chi connectivity index (χ0) is 28.9. The van der Waals surface area contributed by atoms with Crippen molar-refractivity contribution in [2.45, 2.75) is 38.5 Å². The largest absolute Gasteiger partial charge is 0.208 e. The third-order valence-corrected chi connectivity index (χ3v) is 9.30. The molecule has 0 atom stereocenters. The van der Waals surface area contributed by atoms with E-state index in [-0.39, 0.29) is 10.8 Å². The first-order valence-electron chi connectivity index (χ1n) is 14.5. The fraction of sp³-hybridized carbons (Fsp3) is 0.154. The fourth-order valence-corrected chi connectivity index (χ4v) is 6.18. The first kappa shape index (κ1) is 26.0. The van der Waals surface area contributed by atoms with E-state index in [4.69, 9.17) is 15.0 Å². The number of hydrogen-bond donors (Lipinski definition) is 0. The molecular formula is C39H33N3. The highest BCUT2D eigenvalue weighted by atomic mass is 15.0. The van der Waals surface area contributed by atoms with Gasteiger partial charge in [-0.3, -0.25) is 0 Å². The van der Waals surface area contributed by atoms with Crippen molar-refractivity contribution in [2.24, 2.45) is 0 Å². The van der Waals surface area contributed by atoms with E-state index in [1.165, 1.54) is 33.4 Å². The zero-order valence-electron chi connectivity index (χ0n) is 24.5. The third-order valence-electron chi connectivity index (χ3n) is 9.30. The summed E-state index contributed by atoms with van der Waals surface area (Å²) >= 11 is 0. The van der Waals surface area contributed by atoms with Gasteiger partial charge in [0, 0.05) is 16.7 Å². The quantitative estimate of drug-likeness (QED) is 0.222. The van der Waals surface area contributed by atoms with E-state index in [1.807, 2.05) is 60.7 Å². The van der Waals surface area contributed by atoms with Gasteiger partial charge in [-0.2, -0.15) is 0 Å². The molecule has 204 valence electrons. The molecule has 1 aromatic heterocycles. The van der Waals surface area contributed by atoms with Crippen molar-refractivity contribution in [3.8, 4) is 56.4 Å². The highest BCUT2D eigenvalue weighted by molar-refractivity contribution is 5.84. The maximum atomic E-state index is 5.01. The third kappa shape index (κ3) is 4.24. The van der Waals surface area contributed by atoms with E-state index in [0.29, 0.717) is 17.5 Å². The number of fused-ring (bicyclic) bond motifs is 3. The summed E-state index contributed by atoms with van der Waals surface area (Å²) in [6, 6.07) is 44.6. The lowest BCUT2D eigenvalue weighted by molar-refractivity contribution is 0.299. The number of rotatable bonds is 4. The highest BCUT2D eigenvalue weighted by Gasteiger charge is 2.45. The summed E-state index contributed by atoms with van der Waals surface area (Å²) < 4.78 is 0. The fourth-order valence-electron chi connectivity index (χ4n) is 6.18.